The van der Waals surface area contributed by atoms with Crippen molar-refractivity contribution in [2.24, 2.45) is 0 Å². The molecule has 1 unspecified atom stereocenters. The molecule has 1 saturated carbocycles. The highest BCUT2D eigenvalue weighted by molar-refractivity contribution is 5.71. The molecule has 1 aliphatic rings. The van der Waals surface area contributed by atoms with Gasteiger partial charge in [0.1, 0.15) is 5.75 Å². The lowest BCUT2D eigenvalue weighted by atomic mass is 9.99. The highest BCUT2D eigenvalue weighted by atomic mass is 19.3. The summed E-state index contributed by atoms with van der Waals surface area (Å²) in [6.45, 7) is 8.75. The third-order valence-electron chi connectivity index (χ3n) is 6.54. The second-order valence-electron chi connectivity index (χ2n) is 11.3. The summed E-state index contributed by atoms with van der Waals surface area (Å²) in [4.78, 5) is 24.6. The van der Waals surface area contributed by atoms with Crippen LogP contribution in [0.1, 0.15) is 63.5 Å². The smallest absolute Gasteiger partial charge is 0.344 e. The number of nitrogens with zero attached hydrogens (tertiary/aromatic N) is 3. The number of carbonyl (C=O) groups is 1. The molecule has 1 aliphatic carbocycles. The first-order valence-electron chi connectivity index (χ1n) is 14.3. The number of ether oxygens (including phenoxy) is 5. The van der Waals surface area contributed by atoms with Gasteiger partial charge < -0.3 is 34.3 Å². The zero-order chi connectivity index (χ0) is 31.9. The van der Waals surface area contributed by atoms with Gasteiger partial charge in [-0.2, -0.15) is 15.0 Å². The molecule has 2 N–H and O–H groups in total. The van der Waals surface area contributed by atoms with Gasteiger partial charge in [0.25, 0.3) is 6.43 Å². The normalized spacial score (nSPS) is 14.6. The van der Waals surface area contributed by atoms with E-state index in [1.54, 1.807) is 32.2 Å². The van der Waals surface area contributed by atoms with E-state index >= 15 is 0 Å². The summed E-state index contributed by atoms with van der Waals surface area (Å²) in [5, 5.41) is 6.46. The molecule has 0 radical (unpaired) electrons. The molecule has 11 nitrogen and oxygen atoms in total. The number of nitrogens with one attached hydrogen (secondary N) is 2. The van der Waals surface area contributed by atoms with Crippen LogP contribution in [0.25, 0.3) is 0 Å². The number of aryl methyl sites for hydroxylation is 1. The first-order valence-corrected chi connectivity index (χ1v) is 14.3. The number of rotatable bonds is 15. The molecular weight excluding hydrogens is 576 g/mol. The molecule has 0 spiro atoms. The molecule has 3 aromatic rings. The van der Waals surface area contributed by atoms with Crippen LogP contribution in [-0.4, -0.2) is 59.9 Å². The Hall–Kier alpha value is -4.10. The SMILES string of the molecule is CCOC(=O)COc1ccc(C2(Nc3nc(Nc4ccc(C(OC)OC(C)(C)C)cc4)nc(OCC(F)F)n3)CC2)c(C)c1. The molecule has 2 aromatic carbocycles. The number of anilines is 3. The van der Waals surface area contributed by atoms with Crippen molar-refractivity contribution in [3.8, 4) is 11.8 Å². The van der Waals surface area contributed by atoms with E-state index in [2.05, 4.69) is 25.6 Å². The van der Waals surface area contributed by atoms with Gasteiger partial charge in [-0.3, -0.25) is 0 Å². The maximum Gasteiger partial charge on any atom is 0.344 e. The third-order valence-corrected chi connectivity index (χ3v) is 6.54. The van der Waals surface area contributed by atoms with Gasteiger partial charge in [-0.05, 0) is 82.9 Å². The first-order chi connectivity index (χ1) is 20.9. The van der Waals surface area contributed by atoms with Crippen molar-refractivity contribution in [1.82, 2.24) is 15.0 Å². The number of methoxy groups -OCH3 is 1. The highest BCUT2D eigenvalue weighted by Gasteiger charge is 2.46. The van der Waals surface area contributed by atoms with Gasteiger partial charge in [-0.1, -0.05) is 18.2 Å². The molecule has 0 aliphatic heterocycles. The third kappa shape index (κ3) is 9.20. The summed E-state index contributed by atoms with van der Waals surface area (Å²) < 4.78 is 53.0. The Bertz CT molecular complexity index is 1410. The maximum absolute atomic E-state index is 12.9. The van der Waals surface area contributed by atoms with Crippen molar-refractivity contribution < 1.29 is 37.3 Å². The van der Waals surface area contributed by atoms with E-state index < -0.39 is 36.4 Å². The van der Waals surface area contributed by atoms with Gasteiger partial charge in [0.05, 0.1) is 17.7 Å². The molecule has 1 fully saturated rings. The lowest BCUT2D eigenvalue weighted by Gasteiger charge is -2.26. The van der Waals surface area contributed by atoms with E-state index in [4.69, 9.17) is 23.7 Å². The van der Waals surface area contributed by atoms with Gasteiger partial charge in [-0.25, -0.2) is 13.6 Å². The Morgan fingerprint density at radius 1 is 1.02 bits per heavy atom. The van der Waals surface area contributed by atoms with Crippen molar-refractivity contribution in [3.05, 3.63) is 59.2 Å². The summed E-state index contributed by atoms with van der Waals surface area (Å²) in [5.74, 6) is 0.380. The summed E-state index contributed by atoms with van der Waals surface area (Å²) in [7, 11) is 1.57. The quantitative estimate of drug-likeness (QED) is 0.153. The van der Waals surface area contributed by atoms with Crippen LogP contribution in [0.15, 0.2) is 42.5 Å². The summed E-state index contributed by atoms with van der Waals surface area (Å²) in [6.07, 6.45) is -1.67. The largest absolute Gasteiger partial charge is 0.482 e. The molecule has 1 atom stereocenters. The lowest BCUT2D eigenvalue weighted by molar-refractivity contribution is -0.186. The first kappa shape index (κ1) is 32.8. The molecule has 0 bridgehead atoms. The van der Waals surface area contributed by atoms with Gasteiger partial charge in [0.2, 0.25) is 11.9 Å². The number of benzene rings is 2. The van der Waals surface area contributed by atoms with Crippen LogP contribution < -0.4 is 20.1 Å². The molecule has 13 heteroatoms. The molecule has 44 heavy (non-hydrogen) atoms. The van der Waals surface area contributed by atoms with Crippen molar-refractivity contribution in [1.29, 1.82) is 0 Å². The predicted molar refractivity (Wildman–Crippen MR) is 159 cm³/mol. The number of halogens is 2. The van der Waals surface area contributed by atoms with Gasteiger partial charge in [-0.15, -0.1) is 0 Å². The van der Waals surface area contributed by atoms with Crippen LogP contribution in [0, 0.1) is 6.92 Å². The van der Waals surface area contributed by atoms with E-state index in [0.29, 0.717) is 11.4 Å². The Morgan fingerprint density at radius 3 is 2.32 bits per heavy atom. The predicted octanol–water partition coefficient (Wildman–Crippen LogP) is 6.07. The topological polar surface area (TPSA) is 126 Å². The Balaban J connectivity index is 1.52. The minimum absolute atomic E-state index is 0.115. The maximum atomic E-state index is 12.9. The van der Waals surface area contributed by atoms with E-state index in [1.165, 1.54) is 0 Å². The van der Waals surface area contributed by atoms with Gasteiger partial charge in [0, 0.05) is 18.4 Å². The highest BCUT2D eigenvalue weighted by Crippen LogP contribution is 2.49. The fourth-order valence-electron chi connectivity index (χ4n) is 4.50. The fourth-order valence-corrected chi connectivity index (χ4v) is 4.50. The van der Waals surface area contributed by atoms with Crippen molar-refractivity contribution in [3.63, 3.8) is 0 Å². The van der Waals surface area contributed by atoms with Crippen LogP contribution in [-0.2, 0) is 24.5 Å². The van der Waals surface area contributed by atoms with Crippen LogP contribution in [0.3, 0.4) is 0 Å². The molecule has 4 rings (SSSR count). The van der Waals surface area contributed by atoms with Crippen LogP contribution in [0.4, 0.5) is 26.4 Å². The fraction of sp³-hybridized carbons (Fsp3) is 0.484. The molecule has 238 valence electrons. The van der Waals surface area contributed by atoms with Crippen LogP contribution in [0.2, 0.25) is 0 Å². The number of aromatic nitrogens is 3. The summed E-state index contributed by atoms with van der Waals surface area (Å²) >= 11 is 0. The van der Waals surface area contributed by atoms with Crippen molar-refractivity contribution >= 4 is 23.6 Å². The Labute approximate surface area is 255 Å². The van der Waals surface area contributed by atoms with E-state index in [-0.39, 0.29) is 31.1 Å². The zero-order valence-corrected chi connectivity index (χ0v) is 25.8. The number of hydrogen-bond donors (Lipinski definition) is 2. The average molecular weight is 616 g/mol. The second-order valence-corrected chi connectivity index (χ2v) is 11.3. The van der Waals surface area contributed by atoms with Crippen molar-refractivity contribution in [2.45, 2.75) is 71.3 Å². The van der Waals surface area contributed by atoms with Crippen molar-refractivity contribution in [2.75, 3.05) is 37.6 Å². The number of alkyl halides is 2. The number of hydrogen-bond acceptors (Lipinski definition) is 11. The monoisotopic (exact) mass is 615 g/mol. The average Bonchev–Trinajstić information content (AvgIpc) is 3.73. The molecule has 1 heterocycles. The standard InChI is InChI=1S/C31H39F2N5O6/c1-7-41-25(39)18-42-22-12-13-23(19(2)16-22)31(14-15-31)38-28-35-27(36-29(37-28)43-17-24(32)33)34-21-10-8-20(9-11-21)26(40-6)44-30(3,4)5/h8-13,16,24,26H,7,14-15,17-18H2,1-6H3,(H2,34,35,36,37,38). The minimum atomic E-state index is -2.70. The second kappa shape index (κ2) is 14.1. The minimum Gasteiger partial charge on any atom is -0.482 e. The van der Waals surface area contributed by atoms with Gasteiger partial charge in [0.15, 0.2) is 19.5 Å². The summed E-state index contributed by atoms with van der Waals surface area (Å²) in [5.41, 5.74) is 2.50. The van der Waals surface area contributed by atoms with E-state index in [1.807, 2.05) is 52.0 Å². The number of esters is 1. The molecular formula is C31H39F2N5O6. The van der Waals surface area contributed by atoms with E-state index in [0.717, 1.165) is 29.5 Å². The zero-order valence-electron chi connectivity index (χ0n) is 25.8. The van der Waals surface area contributed by atoms with Crippen LogP contribution >= 0.6 is 0 Å². The van der Waals surface area contributed by atoms with Gasteiger partial charge >= 0.3 is 12.0 Å². The van der Waals surface area contributed by atoms with E-state index in [9.17, 15) is 13.6 Å². The lowest BCUT2D eigenvalue weighted by Crippen LogP contribution is -2.23. The Morgan fingerprint density at radius 2 is 1.73 bits per heavy atom. The Kier molecular flexibility index (Phi) is 10.5. The molecule has 0 amide bonds. The molecule has 1 aromatic heterocycles. The summed E-state index contributed by atoms with van der Waals surface area (Å²) in [6, 6.07) is 12.6. The van der Waals surface area contributed by atoms with Crippen LogP contribution in [0.5, 0.6) is 11.8 Å². The molecule has 0 saturated heterocycles. The number of carbonyl (C=O) groups excluding carboxylic acids is 1.